The molecule has 0 bridgehead atoms. The SMILES string of the molecule is S=Cc1cccc(Cc2ccccc2)c1. The molecule has 2 aromatic carbocycles. The summed E-state index contributed by atoms with van der Waals surface area (Å²) in [6.45, 7) is 0. The monoisotopic (exact) mass is 212 g/mol. The largest absolute Gasteiger partial charge is 0.0881 e. The van der Waals surface area contributed by atoms with E-state index in [-0.39, 0.29) is 0 Å². The van der Waals surface area contributed by atoms with Gasteiger partial charge in [-0.3, -0.25) is 0 Å². The van der Waals surface area contributed by atoms with Gasteiger partial charge in [0.2, 0.25) is 0 Å². The molecule has 0 aliphatic carbocycles. The third-order valence-electron chi connectivity index (χ3n) is 2.34. The normalized spacial score (nSPS) is 9.87. The Balaban J connectivity index is 2.21. The third-order valence-corrected chi connectivity index (χ3v) is 2.61. The van der Waals surface area contributed by atoms with Gasteiger partial charge in [0.15, 0.2) is 0 Å². The number of rotatable bonds is 3. The molecular weight excluding hydrogens is 200 g/mol. The Morgan fingerprint density at radius 2 is 1.60 bits per heavy atom. The van der Waals surface area contributed by atoms with E-state index in [1.165, 1.54) is 11.1 Å². The van der Waals surface area contributed by atoms with Crippen molar-refractivity contribution in [3.8, 4) is 0 Å². The van der Waals surface area contributed by atoms with Crippen molar-refractivity contribution in [1.29, 1.82) is 0 Å². The van der Waals surface area contributed by atoms with Crippen molar-refractivity contribution in [2.24, 2.45) is 0 Å². The topological polar surface area (TPSA) is 0 Å². The second-order valence-electron chi connectivity index (χ2n) is 3.53. The molecule has 0 atom stereocenters. The minimum atomic E-state index is 0.970. The van der Waals surface area contributed by atoms with Gasteiger partial charge in [0.1, 0.15) is 0 Å². The summed E-state index contributed by atoms with van der Waals surface area (Å²) in [7, 11) is 0. The van der Waals surface area contributed by atoms with Crippen LogP contribution in [0.3, 0.4) is 0 Å². The van der Waals surface area contributed by atoms with Crippen LogP contribution in [0.5, 0.6) is 0 Å². The van der Waals surface area contributed by atoms with Crippen LogP contribution in [0.1, 0.15) is 16.7 Å². The summed E-state index contributed by atoms with van der Waals surface area (Å²) in [5, 5.41) is 1.72. The van der Waals surface area contributed by atoms with Crippen molar-refractivity contribution in [2.75, 3.05) is 0 Å². The van der Waals surface area contributed by atoms with Crippen molar-refractivity contribution in [3.05, 3.63) is 71.3 Å². The maximum Gasteiger partial charge on any atom is 0.00862 e. The summed E-state index contributed by atoms with van der Waals surface area (Å²) >= 11 is 4.92. The number of benzene rings is 2. The van der Waals surface area contributed by atoms with E-state index < -0.39 is 0 Å². The zero-order valence-electron chi connectivity index (χ0n) is 8.39. The first kappa shape index (κ1) is 10.1. The molecule has 1 heteroatoms. The maximum absolute atomic E-state index is 4.92. The van der Waals surface area contributed by atoms with Crippen LogP contribution in [0.25, 0.3) is 0 Å². The van der Waals surface area contributed by atoms with E-state index >= 15 is 0 Å². The van der Waals surface area contributed by atoms with E-state index in [0.717, 1.165) is 12.0 Å². The number of thiocarbonyl (C=S) groups is 1. The van der Waals surface area contributed by atoms with Gasteiger partial charge in [-0.1, -0.05) is 66.8 Å². The lowest BCUT2D eigenvalue weighted by atomic mass is 10.0. The molecule has 2 rings (SSSR count). The Bertz CT molecular complexity index is 446. The highest BCUT2D eigenvalue weighted by molar-refractivity contribution is 7.79. The fourth-order valence-electron chi connectivity index (χ4n) is 1.61. The molecule has 0 nitrogen and oxygen atoms in total. The van der Waals surface area contributed by atoms with Crippen LogP contribution in [-0.2, 0) is 6.42 Å². The zero-order chi connectivity index (χ0) is 10.5. The van der Waals surface area contributed by atoms with Gasteiger partial charge in [0.25, 0.3) is 0 Å². The van der Waals surface area contributed by atoms with Gasteiger partial charge in [0.05, 0.1) is 0 Å². The van der Waals surface area contributed by atoms with E-state index in [1.807, 2.05) is 12.1 Å². The molecule has 0 fully saturated rings. The van der Waals surface area contributed by atoms with Gasteiger partial charge >= 0.3 is 0 Å². The first-order valence-corrected chi connectivity index (χ1v) is 5.43. The average Bonchev–Trinajstić information content (AvgIpc) is 2.31. The Morgan fingerprint density at radius 3 is 2.33 bits per heavy atom. The van der Waals surface area contributed by atoms with Gasteiger partial charge in [-0.25, -0.2) is 0 Å². The van der Waals surface area contributed by atoms with Crippen molar-refractivity contribution >= 4 is 17.6 Å². The zero-order valence-corrected chi connectivity index (χ0v) is 9.21. The third kappa shape index (κ3) is 2.74. The molecule has 2 aromatic rings. The van der Waals surface area contributed by atoms with Crippen molar-refractivity contribution < 1.29 is 0 Å². The number of hydrogen-bond acceptors (Lipinski definition) is 1. The molecule has 0 saturated heterocycles. The standard InChI is InChI=1S/C14H12S/c15-11-14-8-4-7-13(10-14)9-12-5-2-1-3-6-12/h1-8,10-11H,9H2. The van der Waals surface area contributed by atoms with Crippen LogP contribution >= 0.6 is 12.2 Å². The summed E-state index contributed by atoms with van der Waals surface area (Å²) < 4.78 is 0. The summed E-state index contributed by atoms with van der Waals surface area (Å²) in [5.41, 5.74) is 3.75. The lowest BCUT2D eigenvalue weighted by molar-refractivity contribution is 1.19. The molecule has 0 spiro atoms. The maximum atomic E-state index is 4.92. The van der Waals surface area contributed by atoms with Gasteiger partial charge in [0, 0.05) is 5.37 Å². The Hall–Kier alpha value is -1.47. The lowest BCUT2D eigenvalue weighted by Crippen LogP contribution is -1.89. The molecule has 0 amide bonds. The van der Waals surface area contributed by atoms with Gasteiger partial charge in [-0.2, -0.15) is 0 Å². The summed E-state index contributed by atoms with van der Waals surface area (Å²) in [4.78, 5) is 0. The highest BCUT2D eigenvalue weighted by Crippen LogP contribution is 2.10. The number of hydrogen-bond donors (Lipinski definition) is 0. The van der Waals surface area contributed by atoms with Gasteiger partial charge in [-0.15, -0.1) is 0 Å². The van der Waals surface area contributed by atoms with E-state index in [4.69, 9.17) is 12.2 Å². The summed E-state index contributed by atoms with van der Waals surface area (Å²) in [6.07, 6.45) is 0.970. The van der Waals surface area contributed by atoms with Crippen LogP contribution < -0.4 is 0 Å². The van der Waals surface area contributed by atoms with Crippen LogP contribution in [0, 0.1) is 0 Å². The van der Waals surface area contributed by atoms with Crippen LogP contribution in [0.15, 0.2) is 54.6 Å². The van der Waals surface area contributed by atoms with Crippen LogP contribution in [0.2, 0.25) is 0 Å². The smallest absolute Gasteiger partial charge is 0.00862 e. The first-order chi connectivity index (χ1) is 7.38. The van der Waals surface area contributed by atoms with E-state index in [9.17, 15) is 0 Å². The van der Waals surface area contributed by atoms with Crippen LogP contribution in [-0.4, -0.2) is 5.37 Å². The molecule has 0 heterocycles. The minimum absolute atomic E-state index is 0.970. The molecule has 0 N–H and O–H groups in total. The Kier molecular flexibility index (Phi) is 3.25. The molecule has 0 unspecified atom stereocenters. The van der Waals surface area contributed by atoms with Crippen LogP contribution in [0.4, 0.5) is 0 Å². The highest BCUT2D eigenvalue weighted by Gasteiger charge is 1.95. The average molecular weight is 212 g/mol. The second kappa shape index (κ2) is 4.85. The Morgan fingerprint density at radius 1 is 0.867 bits per heavy atom. The Labute approximate surface area is 95.6 Å². The quantitative estimate of drug-likeness (QED) is 0.700. The van der Waals surface area contributed by atoms with Crippen molar-refractivity contribution in [1.82, 2.24) is 0 Å². The molecule has 0 aromatic heterocycles. The van der Waals surface area contributed by atoms with E-state index in [0.29, 0.717) is 0 Å². The van der Waals surface area contributed by atoms with E-state index in [2.05, 4.69) is 42.5 Å². The predicted molar refractivity (Wildman–Crippen MR) is 68.4 cm³/mol. The molecule has 0 aliphatic heterocycles. The lowest BCUT2D eigenvalue weighted by Gasteiger charge is -2.02. The summed E-state index contributed by atoms with van der Waals surface area (Å²) in [6, 6.07) is 18.8. The molecule has 74 valence electrons. The minimum Gasteiger partial charge on any atom is -0.0881 e. The fraction of sp³-hybridized carbons (Fsp3) is 0.0714. The predicted octanol–water partition coefficient (Wildman–Crippen LogP) is 3.63. The first-order valence-electron chi connectivity index (χ1n) is 4.96. The fourth-order valence-corrected chi connectivity index (χ4v) is 1.75. The van der Waals surface area contributed by atoms with Gasteiger partial charge < -0.3 is 0 Å². The molecule has 0 radical (unpaired) electrons. The second-order valence-corrected chi connectivity index (χ2v) is 3.76. The van der Waals surface area contributed by atoms with Gasteiger partial charge in [-0.05, 0) is 23.1 Å². The molecule has 15 heavy (non-hydrogen) atoms. The summed E-state index contributed by atoms with van der Waals surface area (Å²) in [5.74, 6) is 0. The highest BCUT2D eigenvalue weighted by atomic mass is 32.1. The van der Waals surface area contributed by atoms with Crippen molar-refractivity contribution in [3.63, 3.8) is 0 Å². The van der Waals surface area contributed by atoms with E-state index in [1.54, 1.807) is 5.37 Å². The molecule has 0 aliphatic rings. The molecule has 0 saturated carbocycles. The van der Waals surface area contributed by atoms with Crippen molar-refractivity contribution in [2.45, 2.75) is 6.42 Å². The molecular formula is C14H12S.